The summed E-state index contributed by atoms with van der Waals surface area (Å²) in [5, 5.41) is 21.7. The monoisotopic (exact) mass is 321 g/mol. The van der Waals surface area contributed by atoms with E-state index >= 15 is 0 Å². The van der Waals surface area contributed by atoms with Crippen LogP contribution in [0.15, 0.2) is 18.2 Å². The van der Waals surface area contributed by atoms with Gasteiger partial charge in [0.05, 0.1) is 0 Å². The van der Waals surface area contributed by atoms with Gasteiger partial charge in [-0.3, -0.25) is 4.79 Å². The van der Waals surface area contributed by atoms with Gasteiger partial charge in [0.25, 0.3) is 5.91 Å². The Balaban J connectivity index is 1.85. The fourth-order valence-electron chi connectivity index (χ4n) is 2.94. The summed E-state index contributed by atoms with van der Waals surface area (Å²) in [5.74, 6) is -0.734. The van der Waals surface area contributed by atoms with Crippen molar-refractivity contribution in [2.24, 2.45) is 11.8 Å². The molecule has 3 N–H and O–H groups in total. The van der Waals surface area contributed by atoms with Crippen molar-refractivity contribution < 1.29 is 24.5 Å². The van der Waals surface area contributed by atoms with Gasteiger partial charge in [0.1, 0.15) is 17.1 Å². The van der Waals surface area contributed by atoms with Crippen LogP contribution >= 0.6 is 0 Å². The van der Waals surface area contributed by atoms with Crippen molar-refractivity contribution in [2.45, 2.75) is 39.2 Å². The molecule has 1 amide bonds. The summed E-state index contributed by atoms with van der Waals surface area (Å²) in [4.78, 5) is 23.8. The number of phenolic OH excluding ortho intramolecular Hbond substituents is 2. The molecule has 126 valence electrons. The van der Waals surface area contributed by atoms with Crippen LogP contribution in [0.5, 0.6) is 11.5 Å². The SMILES string of the molecule is C[C@H]1[C@H](C)CCC[C@@H]1NC(=O)COC(=O)c1ccc(O)cc1O. The van der Waals surface area contributed by atoms with Crippen molar-refractivity contribution in [3.05, 3.63) is 23.8 Å². The molecule has 0 bridgehead atoms. The van der Waals surface area contributed by atoms with Gasteiger partial charge in [-0.15, -0.1) is 0 Å². The molecule has 23 heavy (non-hydrogen) atoms. The lowest BCUT2D eigenvalue weighted by Gasteiger charge is -2.34. The maximum atomic E-state index is 11.9. The topological polar surface area (TPSA) is 95.9 Å². The maximum absolute atomic E-state index is 11.9. The van der Waals surface area contributed by atoms with Gasteiger partial charge in [-0.1, -0.05) is 26.7 Å². The molecular formula is C17H23NO5. The fourth-order valence-corrected chi connectivity index (χ4v) is 2.94. The molecule has 0 aromatic heterocycles. The second-order valence-electron chi connectivity index (χ2n) is 6.22. The van der Waals surface area contributed by atoms with E-state index in [2.05, 4.69) is 19.2 Å². The van der Waals surface area contributed by atoms with E-state index in [1.807, 2.05) is 0 Å². The molecule has 1 fully saturated rings. The van der Waals surface area contributed by atoms with E-state index in [1.165, 1.54) is 18.6 Å². The number of hydrogen-bond acceptors (Lipinski definition) is 5. The Morgan fingerprint density at radius 2 is 2.00 bits per heavy atom. The molecule has 0 heterocycles. The van der Waals surface area contributed by atoms with E-state index in [4.69, 9.17) is 4.74 Å². The van der Waals surface area contributed by atoms with Crippen LogP contribution in [0.4, 0.5) is 0 Å². The van der Waals surface area contributed by atoms with Gasteiger partial charge in [-0.25, -0.2) is 4.79 Å². The van der Waals surface area contributed by atoms with Crippen LogP contribution in [-0.4, -0.2) is 34.7 Å². The highest BCUT2D eigenvalue weighted by molar-refractivity contribution is 5.94. The van der Waals surface area contributed by atoms with Gasteiger partial charge in [0.2, 0.25) is 0 Å². The van der Waals surface area contributed by atoms with Crippen LogP contribution in [0.1, 0.15) is 43.5 Å². The number of aromatic hydroxyl groups is 2. The normalized spacial score (nSPS) is 24.0. The molecule has 0 saturated heterocycles. The van der Waals surface area contributed by atoms with Gasteiger partial charge in [-0.05, 0) is 30.4 Å². The Morgan fingerprint density at radius 1 is 1.26 bits per heavy atom. The van der Waals surface area contributed by atoms with Crippen LogP contribution < -0.4 is 5.32 Å². The molecule has 6 nitrogen and oxygen atoms in total. The number of phenols is 2. The van der Waals surface area contributed by atoms with E-state index in [0.29, 0.717) is 11.8 Å². The Kier molecular flexibility index (Phi) is 5.47. The van der Waals surface area contributed by atoms with Gasteiger partial charge in [0.15, 0.2) is 6.61 Å². The first kappa shape index (κ1) is 17.1. The minimum absolute atomic E-state index is 0.0877. The number of carbonyl (C=O) groups is 2. The van der Waals surface area contributed by atoms with Crippen LogP contribution in [-0.2, 0) is 9.53 Å². The average molecular weight is 321 g/mol. The number of benzene rings is 1. The summed E-state index contributed by atoms with van der Waals surface area (Å²) in [6.45, 7) is 3.91. The quantitative estimate of drug-likeness (QED) is 0.739. The first-order valence-electron chi connectivity index (χ1n) is 7.87. The third-order valence-corrected chi connectivity index (χ3v) is 4.59. The van der Waals surface area contributed by atoms with Crippen molar-refractivity contribution >= 4 is 11.9 Å². The number of esters is 1. The minimum Gasteiger partial charge on any atom is -0.508 e. The predicted molar refractivity (Wildman–Crippen MR) is 84.2 cm³/mol. The molecule has 2 rings (SSSR count). The lowest BCUT2D eigenvalue weighted by Crippen LogP contribution is -2.45. The average Bonchev–Trinajstić information content (AvgIpc) is 2.49. The highest BCUT2D eigenvalue weighted by atomic mass is 16.5. The second-order valence-corrected chi connectivity index (χ2v) is 6.22. The van der Waals surface area contributed by atoms with Crippen molar-refractivity contribution in [3.8, 4) is 11.5 Å². The minimum atomic E-state index is -0.803. The van der Waals surface area contributed by atoms with E-state index in [1.54, 1.807) is 0 Å². The molecule has 1 aliphatic rings. The highest BCUT2D eigenvalue weighted by Gasteiger charge is 2.28. The van der Waals surface area contributed by atoms with E-state index < -0.39 is 12.6 Å². The van der Waals surface area contributed by atoms with E-state index in [0.717, 1.165) is 18.9 Å². The standard InChI is InChI=1S/C17H23NO5/c1-10-4-3-5-14(11(10)2)18-16(21)9-23-17(22)13-7-6-12(19)8-15(13)20/h6-8,10-11,14,19-20H,3-5,9H2,1-2H3,(H,18,21)/t10-,11+,14+/m1/s1. The van der Waals surface area contributed by atoms with Crippen LogP contribution in [0.2, 0.25) is 0 Å². The van der Waals surface area contributed by atoms with Crippen molar-refractivity contribution in [1.82, 2.24) is 5.32 Å². The zero-order valence-corrected chi connectivity index (χ0v) is 13.4. The number of amides is 1. The molecule has 0 aliphatic heterocycles. The van der Waals surface area contributed by atoms with E-state index in [9.17, 15) is 19.8 Å². The van der Waals surface area contributed by atoms with Gasteiger partial charge in [0, 0.05) is 12.1 Å². The number of hydrogen-bond donors (Lipinski definition) is 3. The molecule has 3 atom stereocenters. The maximum Gasteiger partial charge on any atom is 0.342 e. The third kappa shape index (κ3) is 4.37. The molecular weight excluding hydrogens is 298 g/mol. The number of nitrogens with one attached hydrogen (secondary N) is 1. The van der Waals surface area contributed by atoms with Crippen LogP contribution in [0.3, 0.4) is 0 Å². The molecule has 1 saturated carbocycles. The zero-order valence-electron chi connectivity index (χ0n) is 13.4. The molecule has 1 aromatic rings. The number of rotatable bonds is 4. The first-order chi connectivity index (χ1) is 10.9. The molecule has 0 unspecified atom stereocenters. The molecule has 0 radical (unpaired) electrons. The van der Waals surface area contributed by atoms with Gasteiger partial charge >= 0.3 is 5.97 Å². The Hall–Kier alpha value is -2.24. The highest BCUT2D eigenvalue weighted by Crippen LogP contribution is 2.29. The number of carbonyl (C=O) groups excluding carboxylic acids is 2. The van der Waals surface area contributed by atoms with Crippen molar-refractivity contribution in [2.75, 3.05) is 6.61 Å². The smallest absolute Gasteiger partial charge is 0.342 e. The Labute approximate surface area is 135 Å². The summed E-state index contributed by atoms with van der Waals surface area (Å²) in [6, 6.07) is 3.66. The largest absolute Gasteiger partial charge is 0.508 e. The van der Waals surface area contributed by atoms with Gasteiger partial charge in [-0.2, -0.15) is 0 Å². The van der Waals surface area contributed by atoms with E-state index in [-0.39, 0.29) is 29.0 Å². The zero-order chi connectivity index (χ0) is 17.0. The summed E-state index contributed by atoms with van der Waals surface area (Å²) < 4.78 is 4.92. The third-order valence-electron chi connectivity index (χ3n) is 4.59. The van der Waals surface area contributed by atoms with Gasteiger partial charge < -0.3 is 20.3 Å². The summed E-state index contributed by atoms with van der Waals surface area (Å²) in [5.41, 5.74) is -0.0877. The molecule has 0 spiro atoms. The first-order valence-corrected chi connectivity index (χ1v) is 7.87. The summed E-state index contributed by atoms with van der Waals surface area (Å²) >= 11 is 0. The summed E-state index contributed by atoms with van der Waals surface area (Å²) in [7, 11) is 0. The van der Waals surface area contributed by atoms with Crippen LogP contribution in [0.25, 0.3) is 0 Å². The number of ether oxygens (including phenoxy) is 1. The van der Waals surface area contributed by atoms with Crippen molar-refractivity contribution in [1.29, 1.82) is 0 Å². The van der Waals surface area contributed by atoms with Crippen LogP contribution in [0, 0.1) is 11.8 Å². The molecule has 1 aliphatic carbocycles. The Bertz CT molecular complexity index is 586. The van der Waals surface area contributed by atoms with Crippen molar-refractivity contribution in [3.63, 3.8) is 0 Å². The molecule has 6 heteroatoms. The summed E-state index contributed by atoms with van der Waals surface area (Å²) in [6.07, 6.45) is 3.18. The lowest BCUT2D eigenvalue weighted by atomic mass is 9.78. The predicted octanol–water partition coefficient (Wildman–Crippen LogP) is 2.20. The second kappa shape index (κ2) is 7.35. The molecule has 1 aromatic carbocycles. The fraction of sp³-hybridized carbons (Fsp3) is 0.529. The Morgan fingerprint density at radius 3 is 2.70 bits per heavy atom. The lowest BCUT2D eigenvalue weighted by molar-refractivity contribution is -0.125.